The third-order valence-electron chi connectivity index (χ3n) is 5.61. The fraction of sp³-hybridized carbons (Fsp3) is 0.526. The zero-order chi connectivity index (χ0) is 21.6. The molecule has 2 aromatic heterocycles. The van der Waals surface area contributed by atoms with Gasteiger partial charge in [-0.1, -0.05) is 0 Å². The first-order valence-corrected chi connectivity index (χ1v) is 9.91. The Morgan fingerprint density at radius 2 is 1.94 bits per heavy atom. The molecule has 2 saturated heterocycles. The van der Waals surface area contributed by atoms with Gasteiger partial charge in [-0.25, -0.2) is 9.61 Å². The standard InChI is InChI=1S/C19H20F3N5O4/c20-19(21,22)17(28)15-7-23-18(30-15)12-5-13-16(25-31-24-13)14(6-12)27-9-11(10-27)8-26-1-3-29-4-2-26/h5-7,11,17,28H,1-4,8-10H2. The van der Waals surface area contributed by atoms with Crippen molar-refractivity contribution in [2.45, 2.75) is 12.3 Å². The average molecular weight is 439 g/mol. The third kappa shape index (κ3) is 3.98. The number of rotatable bonds is 5. The summed E-state index contributed by atoms with van der Waals surface area (Å²) in [5.74, 6) is -0.223. The Morgan fingerprint density at radius 3 is 2.68 bits per heavy atom. The van der Waals surface area contributed by atoms with Gasteiger partial charge in [0.15, 0.2) is 11.3 Å². The maximum atomic E-state index is 12.8. The van der Waals surface area contributed by atoms with Crippen LogP contribution in [0.2, 0.25) is 0 Å². The number of hydrogen-bond acceptors (Lipinski definition) is 9. The molecule has 1 aromatic carbocycles. The molecule has 5 rings (SSSR count). The van der Waals surface area contributed by atoms with Crippen LogP contribution in [0.4, 0.5) is 18.9 Å². The predicted octanol–water partition coefficient (Wildman–Crippen LogP) is 2.24. The highest BCUT2D eigenvalue weighted by Crippen LogP contribution is 2.37. The lowest BCUT2D eigenvalue weighted by Gasteiger charge is -2.43. The fourth-order valence-corrected chi connectivity index (χ4v) is 3.98. The van der Waals surface area contributed by atoms with Crippen LogP contribution in [0.25, 0.3) is 22.5 Å². The predicted molar refractivity (Wildman–Crippen MR) is 101 cm³/mol. The van der Waals surface area contributed by atoms with Crippen LogP contribution in [0.3, 0.4) is 0 Å². The maximum Gasteiger partial charge on any atom is 0.421 e. The van der Waals surface area contributed by atoms with Crippen molar-refractivity contribution >= 4 is 16.7 Å². The topological polar surface area (TPSA) is 101 Å². The van der Waals surface area contributed by atoms with E-state index in [0.29, 0.717) is 22.5 Å². The normalized spacial score (nSPS) is 19.7. The molecule has 3 aromatic rings. The molecule has 9 nitrogen and oxygen atoms in total. The molecular formula is C19H20F3N5O4. The number of benzene rings is 1. The zero-order valence-electron chi connectivity index (χ0n) is 16.4. The van der Waals surface area contributed by atoms with E-state index in [1.807, 2.05) is 0 Å². The molecule has 12 heteroatoms. The molecule has 1 unspecified atom stereocenters. The van der Waals surface area contributed by atoms with Gasteiger partial charge in [0.2, 0.25) is 12.0 Å². The second kappa shape index (κ2) is 7.77. The summed E-state index contributed by atoms with van der Waals surface area (Å²) >= 11 is 0. The molecule has 1 N–H and O–H groups in total. The fourth-order valence-electron chi connectivity index (χ4n) is 3.98. The van der Waals surface area contributed by atoms with Crippen LogP contribution in [-0.2, 0) is 4.74 Å². The third-order valence-corrected chi connectivity index (χ3v) is 5.61. The molecule has 2 aliphatic rings. The molecule has 31 heavy (non-hydrogen) atoms. The van der Waals surface area contributed by atoms with Gasteiger partial charge in [-0.2, -0.15) is 13.2 Å². The Kier molecular flexibility index (Phi) is 5.07. The van der Waals surface area contributed by atoms with E-state index in [-0.39, 0.29) is 5.89 Å². The molecule has 0 bridgehead atoms. The molecule has 0 spiro atoms. The maximum absolute atomic E-state index is 12.8. The zero-order valence-corrected chi connectivity index (χ0v) is 16.4. The van der Waals surface area contributed by atoms with Crippen molar-refractivity contribution < 1.29 is 32.1 Å². The van der Waals surface area contributed by atoms with Gasteiger partial charge in [0.25, 0.3) is 0 Å². The van der Waals surface area contributed by atoms with Gasteiger partial charge in [0.05, 0.1) is 25.1 Å². The lowest BCUT2D eigenvalue weighted by atomic mass is 9.97. The van der Waals surface area contributed by atoms with Gasteiger partial charge in [0.1, 0.15) is 5.52 Å². The highest BCUT2D eigenvalue weighted by atomic mass is 19.4. The molecule has 2 fully saturated rings. The summed E-state index contributed by atoms with van der Waals surface area (Å²) < 4.78 is 53.7. The van der Waals surface area contributed by atoms with E-state index in [2.05, 4.69) is 25.1 Å². The molecule has 0 aliphatic carbocycles. The SMILES string of the molecule is OC(c1cnc(-c2cc(N3CC(CN4CCOCC4)C3)c3nonc3c2)o1)C(F)(F)F. The molecule has 166 valence electrons. The Hall–Kier alpha value is -2.70. The Labute approximate surface area is 174 Å². The van der Waals surface area contributed by atoms with Gasteiger partial charge < -0.3 is 19.2 Å². The smallest absolute Gasteiger partial charge is 0.421 e. The Balaban J connectivity index is 1.36. The molecule has 2 aliphatic heterocycles. The van der Waals surface area contributed by atoms with Crippen LogP contribution in [0, 0.1) is 5.92 Å². The first-order valence-electron chi connectivity index (χ1n) is 9.91. The van der Waals surface area contributed by atoms with E-state index >= 15 is 0 Å². The van der Waals surface area contributed by atoms with Crippen LogP contribution in [0.5, 0.6) is 0 Å². The molecule has 0 saturated carbocycles. The molecule has 0 amide bonds. The van der Waals surface area contributed by atoms with Crippen molar-refractivity contribution in [2.24, 2.45) is 5.92 Å². The van der Waals surface area contributed by atoms with Crippen LogP contribution in [0.15, 0.2) is 27.4 Å². The quantitative estimate of drug-likeness (QED) is 0.641. The van der Waals surface area contributed by atoms with Crippen molar-refractivity contribution in [1.29, 1.82) is 0 Å². The van der Waals surface area contributed by atoms with Crippen LogP contribution < -0.4 is 4.90 Å². The summed E-state index contributed by atoms with van der Waals surface area (Å²) in [5.41, 5.74) is 2.19. The van der Waals surface area contributed by atoms with Crippen molar-refractivity contribution in [3.63, 3.8) is 0 Å². The number of ether oxygens (including phenoxy) is 1. The highest BCUT2D eigenvalue weighted by molar-refractivity contribution is 5.92. The van der Waals surface area contributed by atoms with Crippen LogP contribution >= 0.6 is 0 Å². The second-order valence-corrected chi connectivity index (χ2v) is 7.82. The monoisotopic (exact) mass is 439 g/mol. The lowest BCUT2D eigenvalue weighted by Crippen LogP contribution is -2.53. The summed E-state index contributed by atoms with van der Waals surface area (Å²) in [6.07, 6.45) is -6.70. The number of aromatic nitrogens is 3. The van der Waals surface area contributed by atoms with Gasteiger partial charge in [0, 0.05) is 44.2 Å². The Bertz CT molecular complexity index is 1060. The second-order valence-electron chi connectivity index (χ2n) is 7.82. The van der Waals surface area contributed by atoms with E-state index in [1.54, 1.807) is 12.1 Å². The lowest BCUT2D eigenvalue weighted by molar-refractivity contribution is -0.211. The van der Waals surface area contributed by atoms with Crippen LogP contribution in [-0.4, -0.2) is 77.4 Å². The first kappa shape index (κ1) is 20.2. The summed E-state index contributed by atoms with van der Waals surface area (Å²) in [6, 6.07) is 3.32. The number of anilines is 1. The Morgan fingerprint density at radius 1 is 1.16 bits per heavy atom. The van der Waals surface area contributed by atoms with E-state index in [0.717, 1.165) is 57.8 Å². The minimum Gasteiger partial charge on any atom is -0.438 e. The summed E-state index contributed by atoms with van der Waals surface area (Å²) in [7, 11) is 0. The number of hydrogen-bond donors (Lipinski definition) is 1. The number of halogens is 3. The largest absolute Gasteiger partial charge is 0.438 e. The minimum absolute atomic E-state index is 0.0464. The number of aliphatic hydroxyl groups is 1. The number of nitrogens with zero attached hydrogens (tertiary/aromatic N) is 5. The minimum atomic E-state index is -4.84. The van der Waals surface area contributed by atoms with Crippen LogP contribution in [0.1, 0.15) is 11.9 Å². The van der Waals surface area contributed by atoms with Crippen molar-refractivity contribution in [3.8, 4) is 11.5 Å². The number of alkyl halides is 3. The molecule has 0 radical (unpaired) electrons. The molecule has 4 heterocycles. The first-order chi connectivity index (χ1) is 14.9. The van der Waals surface area contributed by atoms with E-state index in [9.17, 15) is 18.3 Å². The summed E-state index contributed by atoms with van der Waals surface area (Å²) in [6.45, 7) is 5.98. The molecule has 1 atom stereocenters. The van der Waals surface area contributed by atoms with Crippen molar-refractivity contribution in [1.82, 2.24) is 20.2 Å². The number of morpholine rings is 1. The molecular weight excluding hydrogens is 419 g/mol. The summed E-state index contributed by atoms with van der Waals surface area (Å²) in [4.78, 5) is 8.41. The van der Waals surface area contributed by atoms with E-state index in [1.165, 1.54) is 0 Å². The van der Waals surface area contributed by atoms with Crippen molar-refractivity contribution in [2.75, 3.05) is 50.8 Å². The van der Waals surface area contributed by atoms with E-state index in [4.69, 9.17) is 13.8 Å². The number of fused-ring (bicyclic) bond motifs is 1. The van der Waals surface area contributed by atoms with Gasteiger partial charge in [-0.15, -0.1) is 0 Å². The average Bonchev–Trinajstić information content (AvgIpc) is 3.38. The van der Waals surface area contributed by atoms with Gasteiger partial charge >= 0.3 is 6.18 Å². The van der Waals surface area contributed by atoms with Gasteiger partial charge in [-0.05, 0) is 22.4 Å². The number of oxazole rings is 1. The van der Waals surface area contributed by atoms with Gasteiger partial charge in [-0.3, -0.25) is 4.90 Å². The number of aliphatic hydroxyl groups excluding tert-OH is 1. The summed E-state index contributed by atoms with van der Waals surface area (Å²) in [5, 5.41) is 17.2. The van der Waals surface area contributed by atoms with E-state index < -0.39 is 18.0 Å². The highest BCUT2D eigenvalue weighted by Gasteiger charge is 2.42. The van der Waals surface area contributed by atoms with Crippen molar-refractivity contribution in [3.05, 3.63) is 24.1 Å².